The first-order chi connectivity index (χ1) is 8.86. The van der Waals surface area contributed by atoms with Gasteiger partial charge in [0, 0.05) is 16.7 Å². The molecule has 1 rings (SSSR count). The van der Waals surface area contributed by atoms with Crippen molar-refractivity contribution in [1.29, 1.82) is 0 Å². The minimum absolute atomic E-state index is 0.193. The molecule has 0 aromatic heterocycles. The maximum atomic E-state index is 8.69. The summed E-state index contributed by atoms with van der Waals surface area (Å²) in [5.41, 5.74) is 1.04. The zero-order chi connectivity index (χ0) is 14.9. The van der Waals surface area contributed by atoms with E-state index in [1.807, 2.05) is 6.07 Å². The highest BCUT2D eigenvalue weighted by molar-refractivity contribution is 6.35. The third-order valence-corrected chi connectivity index (χ3v) is 3.34. The van der Waals surface area contributed by atoms with Crippen LogP contribution in [0.15, 0.2) is 18.2 Å². The molecule has 110 valence electrons. The van der Waals surface area contributed by atoms with Gasteiger partial charge in [0.05, 0.1) is 0 Å². The molecule has 3 nitrogen and oxygen atoms in total. The lowest BCUT2D eigenvalue weighted by atomic mass is 10.1. The molecule has 1 aromatic carbocycles. The second kappa shape index (κ2) is 9.56. The monoisotopic (exact) mass is 308 g/mol. The van der Waals surface area contributed by atoms with Crippen molar-refractivity contribution in [1.82, 2.24) is 0 Å². The highest BCUT2D eigenvalue weighted by Gasteiger charge is 2.15. The molecule has 0 bridgehead atoms. The molecule has 0 spiro atoms. The number of halogens is 2. The Morgan fingerprint density at radius 3 is 2.05 bits per heavy atom. The fourth-order valence-electron chi connectivity index (χ4n) is 1.24. The second-order valence-electron chi connectivity index (χ2n) is 4.25. The molecule has 0 saturated heterocycles. The van der Waals surface area contributed by atoms with E-state index in [0.717, 1.165) is 18.4 Å². The Labute approximate surface area is 124 Å². The second-order valence-corrected chi connectivity index (χ2v) is 5.10. The van der Waals surface area contributed by atoms with E-state index in [4.69, 9.17) is 38.5 Å². The average molecular weight is 309 g/mol. The van der Waals surface area contributed by atoms with Crippen molar-refractivity contribution < 1.29 is 15.3 Å². The van der Waals surface area contributed by atoms with Crippen LogP contribution < -0.4 is 0 Å². The number of rotatable bonds is 5. The van der Waals surface area contributed by atoms with Crippen LogP contribution in [-0.2, 0) is 6.42 Å². The van der Waals surface area contributed by atoms with Crippen molar-refractivity contribution in [2.24, 2.45) is 0 Å². The van der Waals surface area contributed by atoms with Crippen LogP contribution in [0.2, 0.25) is 10.0 Å². The van der Waals surface area contributed by atoms with Gasteiger partial charge in [-0.2, -0.15) is 0 Å². The van der Waals surface area contributed by atoms with Crippen molar-refractivity contribution in [3.05, 3.63) is 33.8 Å². The molecule has 1 aromatic rings. The van der Waals surface area contributed by atoms with Crippen LogP contribution in [0.25, 0.3) is 0 Å². The van der Waals surface area contributed by atoms with Crippen LogP contribution in [0, 0.1) is 0 Å². The molecule has 0 aliphatic carbocycles. The average Bonchev–Trinajstić information content (AvgIpc) is 2.38. The first kappa shape index (κ1) is 18.7. The molecule has 3 N–H and O–H groups in total. The molecule has 0 amide bonds. The summed E-state index contributed by atoms with van der Waals surface area (Å²) in [6, 6.07) is 5.41. The Bertz CT molecular complexity index is 362. The van der Waals surface area contributed by atoms with Gasteiger partial charge < -0.3 is 15.3 Å². The number of hydrogen-bond acceptors (Lipinski definition) is 3. The van der Waals surface area contributed by atoms with Gasteiger partial charge in [-0.15, -0.1) is 0 Å². The third-order valence-electron chi connectivity index (χ3n) is 2.75. The Morgan fingerprint density at radius 2 is 1.68 bits per heavy atom. The maximum absolute atomic E-state index is 8.69. The molecule has 0 unspecified atom stereocenters. The third kappa shape index (κ3) is 8.45. The lowest BCUT2D eigenvalue weighted by Gasteiger charge is -2.15. The highest BCUT2D eigenvalue weighted by Crippen LogP contribution is 2.21. The molecule has 19 heavy (non-hydrogen) atoms. The van der Waals surface area contributed by atoms with Gasteiger partial charge in [0.2, 0.25) is 0 Å². The largest absolute Gasteiger partial charge is 0.396 e. The summed E-state index contributed by atoms with van der Waals surface area (Å²) in [5.74, 6) is -1.42. The predicted molar refractivity (Wildman–Crippen MR) is 79.6 cm³/mol. The fourth-order valence-corrected chi connectivity index (χ4v) is 1.75. The van der Waals surface area contributed by atoms with E-state index in [1.165, 1.54) is 0 Å². The maximum Gasteiger partial charge on any atom is 0.161 e. The predicted octanol–water partition coefficient (Wildman–Crippen LogP) is 3.41. The molecule has 0 aliphatic heterocycles. The number of aryl methyl sites for hydroxylation is 1. The van der Waals surface area contributed by atoms with Crippen molar-refractivity contribution >= 4 is 23.2 Å². The normalized spacial score (nSPS) is 10.9. The first-order valence-electron chi connectivity index (χ1n) is 6.35. The lowest BCUT2D eigenvalue weighted by Crippen LogP contribution is -2.24. The Kier molecular flexibility index (Phi) is 9.40. The van der Waals surface area contributed by atoms with Gasteiger partial charge in [-0.1, -0.05) is 43.1 Å². The van der Waals surface area contributed by atoms with Gasteiger partial charge >= 0.3 is 0 Å². The van der Waals surface area contributed by atoms with Crippen LogP contribution in [0.3, 0.4) is 0 Å². The SMILES string of the molecule is CCC(O)(O)CC.OCCCc1ccc(Cl)cc1Cl. The quantitative estimate of drug-likeness (QED) is 0.731. The molecule has 0 saturated carbocycles. The Morgan fingerprint density at radius 1 is 1.11 bits per heavy atom. The van der Waals surface area contributed by atoms with E-state index in [-0.39, 0.29) is 6.61 Å². The molecule has 0 heterocycles. The zero-order valence-electron chi connectivity index (χ0n) is 11.4. The van der Waals surface area contributed by atoms with Gasteiger partial charge in [-0.25, -0.2) is 0 Å². The number of benzene rings is 1. The summed E-state index contributed by atoms with van der Waals surface area (Å²) in [4.78, 5) is 0. The summed E-state index contributed by atoms with van der Waals surface area (Å²) in [5, 5.41) is 27.3. The number of hydrogen-bond donors (Lipinski definition) is 3. The summed E-state index contributed by atoms with van der Waals surface area (Å²) < 4.78 is 0. The summed E-state index contributed by atoms with van der Waals surface area (Å²) in [6.45, 7) is 3.67. The fraction of sp³-hybridized carbons (Fsp3) is 0.571. The molecule has 0 aliphatic rings. The first-order valence-corrected chi connectivity index (χ1v) is 7.11. The van der Waals surface area contributed by atoms with Crippen LogP contribution in [-0.4, -0.2) is 27.7 Å². The molecule has 0 atom stereocenters. The van der Waals surface area contributed by atoms with Gasteiger partial charge in [-0.05, 0) is 43.4 Å². The number of aliphatic hydroxyl groups excluding tert-OH is 1. The van der Waals surface area contributed by atoms with Crippen LogP contribution in [0.5, 0.6) is 0 Å². The highest BCUT2D eigenvalue weighted by atomic mass is 35.5. The smallest absolute Gasteiger partial charge is 0.161 e. The van der Waals surface area contributed by atoms with E-state index in [9.17, 15) is 0 Å². The molecule has 0 radical (unpaired) electrons. The molecular weight excluding hydrogens is 287 g/mol. The number of aliphatic hydroxyl groups is 3. The Balaban J connectivity index is 0.000000399. The lowest BCUT2D eigenvalue weighted by molar-refractivity contribution is -0.163. The van der Waals surface area contributed by atoms with Crippen molar-refractivity contribution in [2.75, 3.05) is 6.61 Å². The van der Waals surface area contributed by atoms with E-state index in [0.29, 0.717) is 22.9 Å². The van der Waals surface area contributed by atoms with Crippen molar-refractivity contribution in [3.63, 3.8) is 0 Å². The van der Waals surface area contributed by atoms with E-state index in [1.54, 1.807) is 26.0 Å². The Hall–Kier alpha value is -0.320. The minimum atomic E-state index is -1.42. The standard InChI is InChI=1S/C9H10Cl2O.C5H12O2/c10-8-4-3-7(2-1-5-12)9(11)6-8;1-3-5(6,7)4-2/h3-4,6,12H,1-2,5H2;6-7H,3-4H2,1-2H3. The summed E-state index contributed by atoms with van der Waals surface area (Å²) in [7, 11) is 0. The van der Waals surface area contributed by atoms with Gasteiger partial charge in [0.1, 0.15) is 0 Å². The van der Waals surface area contributed by atoms with E-state index >= 15 is 0 Å². The summed E-state index contributed by atoms with van der Waals surface area (Å²) in [6.07, 6.45) is 2.35. The van der Waals surface area contributed by atoms with Crippen LogP contribution in [0.1, 0.15) is 38.7 Å². The van der Waals surface area contributed by atoms with Gasteiger partial charge in [0.15, 0.2) is 5.79 Å². The molecule has 5 heteroatoms. The van der Waals surface area contributed by atoms with Gasteiger partial charge in [-0.3, -0.25) is 0 Å². The molecule has 0 fully saturated rings. The van der Waals surface area contributed by atoms with Crippen molar-refractivity contribution in [3.8, 4) is 0 Å². The minimum Gasteiger partial charge on any atom is -0.396 e. The van der Waals surface area contributed by atoms with E-state index in [2.05, 4.69) is 0 Å². The zero-order valence-corrected chi connectivity index (χ0v) is 12.9. The summed E-state index contributed by atoms with van der Waals surface area (Å²) >= 11 is 11.6. The van der Waals surface area contributed by atoms with Crippen LogP contribution in [0.4, 0.5) is 0 Å². The van der Waals surface area contributed by atoms with E-state index < -0.39 is 5.79 Å². The van der Waals surface area contributed by atoms with Crippen LogP contribution >= 0.6 is 23.2 Å². The van der Waals surface area contributed by atoms with Crippen molar-refractivity contribution in [2.45, 2.75) is 45.3 Å². The topological polar surface area (TPSA) is 60.7 Å². The van der Waals surface area contributed by atoms with Gasteiger partial charge in [0.25, 0.3) is 0 Å². The molecular formula is C14H22Cl2O3.